The Labute approximate surface area is 98.9 Å². The third-order valence-corrected chi connectivity index (χ3v) is 2.94. The quantitative estimate of drug-likeness (QED) is 0.753. The van der Waals surface area contributed by atoms with Gasteiger partial charge in [-0.1, -0.05) is 6.92 Å². The second-order valence-corrected chi connectivity index (χ2v) is 6.04. The van der Waals surface area contributed by atoms with Crippen LogP contribution in [0.4, 0.5) is 0 Å². The summed E-state index contributed by atoms with van der Waals surface area (Å²) < 4.78 is 5.34. The van der Waals surface area contributed by atoms with E-state index in [1.54, 1.807) is 0 Å². The van der Waals surface area contributed by atoms with Crippen molar-refractivity contribution >= 4 is 5.97 Å². The van der Waals surface area contributed by atoms with E-state index in [0.717, 1.165) is 5.92 Å². The SMILES string of the molecule is CC1CCC(N[C@@H](C)C(=O)OC(C)(C)C)C1. The number of carbonyl (C=O) groups is 1. The van der Waals surface area contributed by atoms with Crippen molar-refractivity contribution in [2.75, 3.05) is 0 Å². The van der Waals surface area contributed by atoms with E-state index in [9.17, 15) is 4.79 Å². The highest BCUT2D eigenvalue weighted by atomic mass is 16.6. The van der Waals surface area contributed by atoms with E-state index < -0.39 is 5.60 Å². The predicted molar refractivity (Wildman–Crippen MR) is 65.2 cm³/mol. The third-order valence-electron chi connectivity index (χ3n) is 2.94. The van der Waals surface area contributed by atoms with Crippen LogP contribution in [0, 0.1) is 5.92 Å². The van der Waals surface area contributed by atoms with Crippen molar-refractivity contribution in [2.45, 2.75) is 71.6 Å². The zero-order chi connectivity index (χ0) is 12.3. The molecule has 0 radical (unpaired) electrons. The van der Waals surface area contributed by atoms with Crippen LogP contribution in [-0.2, 0) is 9.53 Å². The van der Waals surface area contributed by atoms with Crippen molar-refractivity contribution in [1.29, 1.82) is 0 Å². The number of carbonyl (C=O) groups excluding carboxylic acids is 1. The van der Waals surface area contributed by atoms with Crippen LogP contribution < -0.4 is 5.32 Å². The predicted octanol–water partition coefficient (Wildman–Crippen LogP) is 2.49. The van der Waals surface area contributed by atoms with Crippen molar-refractivity contribution in [3.63, 3.8) is 0 Å². The smallest absolute Gasteiger partial charge is 0.323 e. The number of nitrogens with one attached hydrogen (secondary N) is 1. The van der Waals surface area contributed by atoms with Gasteiger partial charge in [-0.15, -0.1) is 0 Å². The maximum absolute atomic E-state index is 11.7. The summed E-state index contributed by atoms with van der Waals surface area (Å²) >= 11 is 0. The van der Waals surface area contributed by atoms with E-state index in [1.165, 1.54) is 19.3 Å². The molecule has 0 aromatic rings. The lowest BCUT2D eigenvalue weighted by Gasteiger charge is -2.24. The van der Waals surface area contributed by atoms with Crippen molar-refractivity contribution in [2.24, 2.45) is 5.92 Å². The summed E-state index contributed by atoms with van der Waals surface area (Å²) in [5.74, 6) is 0.635. The largest absolute Gasteiger partial charge is 0.459 e. The van der Waals surface area contributed by atoms with Gasteiger partial charge >= 0.3 is 5.97 Å². The maximum Gasteiger partial charge on any atom is 0.323 e. The van der Waals surface area contributed by atoms with Gasteiger partial charge in [0.2, 0.25) is 0 Å². The molecule has 1 N–H and O–H groups in total. The van der Waals surface area contributed by atoms with E-state index >= 15 is 0 Å². The average Bonchev–Trinajstić information content (AvgIpc) is 2.48. The Hall–Kier alpha value is -0.570. The monoisotopic (exact) mass is 227 g/mol. The molecule has 3 heteroatoms. The fourth-order valence-corrected chi connectivity index (χ4v) is 2.17. The minimum Gasteiger partial charge on any atom is -0.459 e. The van der Waals surface area contributed by atoms with Gasteiger partial charge in [-0.25, -0.2) is 0 Å². The third kappa shape index (κ3) is 4.52. The van der Waals surface area contributed by atoms with E-state index in [4.69, 9.17) is 4.74 Å². The molecule has 16 heavy (non-hydrogen) atoms. The number of rotatable bonds is 3. The minimum atomic E-state index is -0.393. The van der Waals surface area contributed by atoms with Crippen LogP contribution in [0.1, 0.15) is 53.9 Å². The number of hydrogen-bond donors (Lipinski definition) is 1. The molecule has 1 fully saturated rings. The molecular formula is C13H25NO2. The van der Waals surface area contributed by atoms with Gasteiger partial charge in [-0.05, 0) is 52.9 Å². The molecule has 1 aliphatic rings. The summed E-state index contributed by atoms with van der Waals surface area (Å²) in [6.45, 7) is 9.84. The van der Waals surface area contributed by atoms with E-state index in [2.05, 4.69) is 12.2 Å². The van der Waals surface area contributed by atoms with Crippen LogP contribution >= 0.6 is 0 Å². The van der Waals surface area contributed by atoms with Gasteiger partial charge in [0.25, 0.3) is 0 Å². The molecule has 0 spiro atoms. The molecule has 0 heterocycles. The Bertz CT molecular complexity index is 245. The van der Waals surface area contributed by atoms with Crippen molar-refractivity contribution in [3.05, 3.63) is 0 Å². The van der Waals surface area contributed by atoms with Crippen LogP contribution in [-0.4, -0.2) is 23.7 Å². The Morgan fingerprint density at radius 3 is 2.44 bits per heavy atom. The zero-order valence-corrected chi connectivity index (χ0v) is 11.2. The Balaban J connectivity index is 2.34. The lowest BCUT2D eigenvalue weighted by atomic mass is 10.1. The van der Waals surface area contributed by atoms with E-state index in [1.807, 2.05) is 27.7 Å². The molecule has 1 saturated carbocycles. The van der Waals surface area contributed by atoms with E-state index in [0.29, 0.717) is 6.04 Å². The first-order valence-electron chi connectivity index (χ1n) is 6.27. The van der Waals surface area contributed by atoms with Crippen LogP contribution in [0.15, 0.2) is 0 Å². The van der Waals surface area contributed by atoms with Gasteiger partial charge in [0.15, 0.2) is 0 Å². The first kappa shape index (κ1) is 13.5. The first-order valence-corrected chi connectivity index (χ1v) is 6.27. The molecule has 0 aromatic heterocycles. The molecule has 1 aliphatic carbocycles. The Morgan fingerprint density at radius 2 is 2.00 bits per heavy atom. The lowest BCUT2D eigenvalue weighted by molar-refractivity contribution is -0.157. The van der Waals surface area contributed by atoms with Gasteiger partial charge in [-0.2, -0.15) is 0 Å². The second-order valence-electron chi connectivity index (χ2n) is 6.04. The van der Waals surface area contributed by atoms with Crippen LogP contribution in [0.25, 0.3) is 0 Å². The molecule has 3 atom stereocenters. The van der Waals surface area contributed by atoms with Crippen molar-refractivity contribution in [1.82, 2.24) is 5.32 Å². The Morgan fingerprint density at radius 1 is 1.38 bits per heavy atom. The summed E-state index contributed by atoms with van der Waals surface area (Å²) in [6.07, 6.45) is 3.61. The van der Waals surface area contributed by atoms with Crippen molar-refractivity contribution in [3.8, 4) is 0 Å². The number of esters is 1. The van der Waals surface area contributed by atoms with Crippen molar-refractivity contribution < 1.29 is 9.53 Å². The minimum absolute atomic E-state index is 0.146. The fraction of sp³-hybridized carbons (Fsp3) is 0.923. The molecule has 0 aliphatic heterocycles. The normalized spacial score (nSPS) is 27.8. The summed E-state index contributed by atoms with van der Waals surface area (Å²) in [5.41, 5.74) is -0.393. The van der Waals surface area contributed by atoms with Crippen LogP contribution in [0.2, 0.25) is 0 Å². The summed E-state index contributed by atoms with van der Waals surface area (Å²) in [4.78, 5) is 11.7. The van der Waals surface area contributed by atoms with Gasteiger partial charge in [-0.3, -0.25) is 4.79 Å². The highest BCUT2D eigenvalue weighted by Gasteiger charge is 2.27. The molecule has 1 rings (SSSR count). The lowest BCUT2D eigenvalue weighted by Crippen LogP contribution is -2.43. The summed E-state index contributed by atoms with van der Waals surface area (Å²) in [6, 6.07) is 0.284. The van der Waals surface area contributed by atoms with Gasteiger partial charge < -0.3 is 10.1 Å². The standard InChI is InChI=1S/C13H25NO2/c1-9-6-7-11(8-9)14-10(2)12(15)16-13(3,4)5/h9-11,14H,6-8H2,1-5H3/t9?,10-,11?/m0/s1. The summed E-state index contributed by atoms with van der Waals surface area (Å²) in [7, 11) is 0. The topological polar surface area (TPSA) is 38.3 Å². The molecule has 0 saturated heterocycles. The number of hydrogen-bond acceptors (Lipinski definition) is 3. The molecule has 0 aromatic carbocycles. The average molecular weight is 227 g/mol. The Kier molecular flexibility index (Phi) is 4.36. The van der Waals surface area contributed by atoms with Gasteiger partial charge in [0.1, 0.15) is 11.6 Å². The second kappa shape index (κ2) is 5.17. The zero-order valence-electron chi connectivity index (χ0n) is 11.2. The molecule has 94 valence electrons. The van der Waals surface area contributed by atoms with Gasteiger partial charge in [0.05, 0.1) is 0 Å². The van der Waals surface area contributed by atoms with Crippen LogP contribution in [0.3, 0.4) is 0 Å². The molecule has 0 amide bonds. The maximum atomic E-state index is 11.7. The highest BCUT2D eigenvalue weighted by Crippen LogP contribution is 2.25. The van der Waals surface area contributed by atoms with Gasteiger partial charge in [0, 0.05) is 6.04 Å². The summed E-state index contributed by atoms with van der Waals surface area (Å²) in [5, 5.41) is 3.36. The molecule has 3 nitrogen and oxygen atoms in total. The fourth-order valence-electron chi connectivity index (χ4n) is 2.17. The number of ether oxygens (including phenoxy) is 1. The first-order chi connectivity index (χ1) is 7.28. The highest BCUT2D eigenvalue weighted by molar-refractivity contribution is 5.75. The van der Waals surface area contributed by atoms with E-state index in [-0.39, 0.29) is 12.0 Å². The molecule has 0 bridgehead atoms. The van der Waals surface area contributed by atoms with Crippen LogP contribution in [0.5, 0.6) is 0 Å². The molecular weight excluding hydrogens is 202 g/mol. The molecule has 2 unspecified atom stereocenters.